The molecule has 0 aromatic carbocycles. The summed E-state index contributed by atoms with van der Waals surface area (Å²) in [6, 6.07) is 1.46. The molecule has 10 heteroatoms. The predicted octanol–water partition coefficient (Wildman–Crippen LogP) is 1.75. The van der Waals surface area contributed by atoms with Crippen LogP contribution in [0.4, 0.5) is 22.9 Å². The van der Waals surface area contributed by atoms with Crippen LogP contribution in [0.3, 0.4) is 0 Å². The van der Waals surface area contributed by atoms with Crippen molar-refractivity contribution in [2.24, 2.45) is 5.92 Å². The Morgan fingerprint density at radius 1 is 1.38 bits per heavy atom. The zero-order valence-corrected chi connectivity index (χ0v) is 11.3. The zero-order valence-electron chi connectivity index (χ0n) is 10.5. The molecule has 5 nitrogen and oxygen atoms in total. The Bertz CT molecular complexity index is 660. The molecule has 1 amide bonds. The van der Waals surface area contributed by atoms with Crippen molar-refractivity contribution < 1.29 is 30.3 Å². The summed E-state index contributed by atoms with van der Waals surface area (Å²) in [5.74, 6) is -2.46. The van der Waals surface area contributed by atoms with E-state index in [0.717, 1.165) is 17.2 Å². The highest BCUT2D eigenvalue weighted by Crippen LogP contribution is 2.32. The van der Waals surface area contributed by atoms with Gasteiger partial charge in [-0.1, -0.05) is 0 Å². The molecule has 1 atom stereocenters. The maximum atomic E-state index is 12.6. The number of carbonyl (C=O) groups is 1. The van der Waals surface area contributed by atoms with E-state index >= 15 is 0 Å². The largest absolute Gasteiger partial charge is 0.416 e. The van der Waals surface area contributed by atoms with Gasteiger partial charge in [-0.2, -0.15) is 21.6 Å². The quantitative estimate of drug-likeness (QED) is 0.627. The summed E-state index contributed by atoms with van der Waals surface area (Å²) < 4.78 is 71.5. The van der Waals surface area contributed by atoms with E-state index in [1.807, 2.05) is 0 Å². The smallest absolute Gasteiger partial charge is 0.296 e. The van der Waals surface area contributed by atoms with Gasteiger partial charge in [-0.15, -0.1) is 3.89 Å². The van der Waals surface area contributed by atoms with Crippen LogP contribution in [-0.2, 0) is 21.2 Å². The third-order valence-corrected chi connectivity index (χ3v) is 3.86. The van der Waals surface area contributed by atoms with Gasteiger partial charge in [0.2, 0.25) is 5.91 Å². The monoisotopic (exact) mass is 326 g/mol. The molecule has 0 spiro atoms. The average molecular weight is 326 g/mol. The number of anilines is 1. The zero-order chi connectivity index (χ0) is 15.8. The Labute approximate surface area is 117 Å². The van der Waals surface area contributed by atoms with Crippen molar-refractivity contribution in [1.29, 1.82) is 0 Å². The lowest BCUT2D eigenvalue weighted by Gasteiger charge is -2.16. The standard InChI is InChI=1S/C11H10F4N2O3S/c12-11(13,14)8-1-2-16-9(4-8)17-5-7(3-10(17)18)6-21(15,19)20/h1-2,4,7H,3,5-6H2. The molecule has 0 N–H and O–H groups in total. The van der Waals surface area contributed by atoms with Gasteiger partial charge in [0, 0.05) is 25.1 Å². The number of halogens is 4. The van der Waals surface area contributed by atoms with Crippen molar-refractivity contribution in [1.82, 2.24) is 4.98 Å². The number of carbonyl (C=O) groups excluding carboxylic acids is 1. The van der Waals surface area contributed by atoms with Gasteiger partial charge in [-0.05, 0) is 12.1 Å². The molecular formula is C11H10F4N2O3S. The highest BCUT2D eigenvalue weighted by molar-refractivity contribution is 7.86. The highest BCUT2D eigenvalue weighted by atomic mass is 32.3. The van der Waals surface area contributed by atoms with Gasteiger partial charge in [0.05, 0.1) is 11.3 Å². The van der Waals surface area contributed by atoms with Crippen molar-refractivity contribution >= 4 is 21.9 Å². The summed E-state index contributed by atoms with van der Waals surface area (Å²) in [5, 5.41) is 0. The number of pyridine rings is 1. The van der Waals surface area contributed by atoms with E-state index < -0.39 is 39.5 Å². The molecule has 1 aromatic heterocycles. The summed E-state index contributed by atoms with van der Waals surface area (Å²) in [6.07, 6.45) is -3.92. The van der Waals surface area contributed by atoms with Crippen molar-refractivity contribution in [3.63, 3.8) is 0 Å². The molecule has 0 aliphatic carbocycles. The first-order valence-corrected chi connectivity index (χ1v) is 7.37. The maximum Gasteiger partial charge on any atom is 0.416 e. The molecule has 1 saturated heterocycles. The van der Waals surface area contributed by atoms with E-state index in [2.05, 4.69) is 4.98 Å². The number of hydrogen-bond acceptors (Lipinski definition) is 4. The van der Waals surface area contributed by atoms with Crippen LogP contribution in [0.2, 0.25) is 0 Å². The number of alkyl halides is 3. The van der Waals surface area contributed by atoms with E-state index in [4.69, 9.17) is 0 Å². The Morgan fingerprint density at radius 3 is 2.62 bits per heavy atom. The van der Waals surface area contributed by atoms with Gasteiger partial charge in [0.1, 0.15) is 5.82 Å². The Kier molecular flexibility index (Phi) is 3.91. The second kappa shape index (κ2) is 5.24. The molecule has 0 bridgehead atoms. The van der Waals surface area contributed by atoms with Crippen molar-refractivity contribution in [3.05, 3.63) is 23.9 Å². The molecule has 116 valence electrons. The van der Waals surface area contributed by atoms with Crippen LogP contribution < -0.4 is 4.90 Å². The first kappa shape index (κ1) is 15.7. The van der Waals surface area contributed by atoms with E-state index in [-0.39, 0.29) is 18.8 Å². The minimum absolute atomic E-state index is 0.184. The number of hydrogen-bond donors (Lipinski definition) is 0. The topological polar surface area (TPSA) is 67.3 Å². The molecule has 0 radical (unpaired) electrons. The molecular weight excluding hydrogens is 316 g/mol. The van der Waals surface area contributed by atoms with Gasteiger partial charge in [0.25, 0.3) is 0 Å². The lowest BCUT2D eigenvalue weighted by atomic mass is 10.1. The van der Waals surface area contributed by atoms with E-state index in [9.17, 15) is 30.3 Å². The summed E-state index contributed by atoms with van der Waals surface area (Å²) in [4.78, 5) is 16.3. The van der Waals surface area contributed by atoms with Gasteiger partial charge in [-0.25, -0.2) is 4.98 Å². The van der Waals surface area contributed by atoms with Crippen LogP contribution in [0.15, 0.2) is 18.3 Å². The summed E-state index contributed by atoms with van der Waals surface area (Å²) in [5.41, 5.74) is -0.970. The fourth-order valence-corrected chi connectivity index (χ4v) is 2.92. The molecule has 2 heterocycles. The summed E-state index contributed by atoms with van der Waals surface area (Å²) >= 11 is 0. The highest BCUT2D eigenvalue weighted by Gasteiger charge is 2.36. The number of nitrogens with zero attached hydrogens (tertiary/aromatic N) is 2. The molecule has 2 rings (SSSR count). The van der Waals surface area contributed by atoms with Gasteiger partial charge in [0.15, 0.2) is 0 Å². The van der Waals surface area contributed by atoms with Crippen LogP contribution in [0.5, 0.6) is 0 Å². The van der Waals surface area contributed by atoms with Crippen LogP contribution in [0.1, 0.15) is 12.0 Å². The average Bonchev–Trinajstić information content (AvgIpc) is 2.67. The lowest BCUT2D eigenvalue weighted by Crippen LogP contribution is -2.26. The molecule has 1 aliphatic rings. The first-order valence-electron chi connectivity index (χ1n) is 5.82. The number of rotatable bonds is 3. The Hall–Kier alpha value is -1.71. The molecule has 1 aromatic rings. The van der Waals surface area contributed by atoms with Crippen molar-refractivity contribution in [2.45, 2.75) is 12.6 Å². The van der Waals surface area contributed by atoms with Gasteiger partial charge >= 0.3 is 16.4 Å². The van der Waals surface area contributed by atoms with Crippen LogP contribution in [0.25, 0.3) is 0 Å². The normalized spacial score (nSPS) is 20.1. The van der Waals surface area contributed by atoms with Crippen molar-refractivity contribution in [3.8, 4) is 0 Å². The number of amides is 1. The fourth-order valence-electron chi connectivity index (χ4n) is 2.14. The molecule has 0 saturated carbocycles. The van der Waals surface area contributed by atoms with E-state index in [0.29, 0.717) is 6.07 Å². The van der Waals surface area contributed by atoms with Crippen molar-refractivity contribution in [2.75, 3.05) is 17.2 Å². The fraction of sp³-hybridized carbons (Fsp3) is 0.455. The Morgan fingerprint density at radius 2 is 2.05 bits per heavy atom. The summed E-state index contributed by atoms with van der Waals surface area (Å²) in [6.45, 7) is -0.184. The minimum Gasteiger partial charge on any atom is -0.296 e. The SMILES string of the molecule is O=C1CC(CS(=O)(=O)F)CN1c1cc(C(F)(F)F)ccn1. The van der Waals surface area contributed by atoms with Crippen LogP contribution in [-0.4, -0.2) is 31.6 Å². The molecule has 1 fully saturated rings. The second-order valence-electron chi connectivity index (χ2n) is 4.68. The van der Waals surface area contributed by atoms with E-state index in [1.54, 1.807) is 0 Å². The van der Waals surface area contributed by atoms with Gasteiger partial charge < -0.3 is 0 Å². The molecule has 21 heavy (non-hydrogen) atoms. The second-order valence-corrected chi connectivity index (χ2v) is 6.09. The molecule has 1 unspecified atom stereocenters. The van der Waals surface area contributed by atoms with Gasteiger partial charge in [-0.3, -0.25) is 9.69 Å². The predicted molar refractivity (Wildman–Crippen MR) is 64.6 cm³/mol. The maximum absolute atomic E-state index is 12.6. The first-order chi connectivity index (χ1) is 9.56. The Balaban J connectivity index is 2.21. The van der Waals surface area contributed by atoms with Crippen LogP contribution >= 0.6 is 0 Å². The van der Waals surface area contributed by atoms with Crippen LogP contribution in [0, 0.1) is 5.92 Å². The van der Waals surface area contributed by atoms with E-state index in [1.165, 1.54) is 0 Å². The third kappa shape index (κ3) is 3.90. The summed E-state index contributed by atoms with van der Waals surface area (Å²) in [7, 11) is -4.75. The lowest BCUT2D eigenvalue weighted by molar-refractivity contribution is -0.137. The molecule has 1 aliphatic heterocycles. The minimum atomic E-state index is -4.75. The number of aromatic nitrogens is 1. The third-order valence-electron chi connectivity index (χ3n) is 2.99.